The predicted octanol–water partition coefficient (Wildman–Crippen LogP) is 6.97. The Kier molecular flexibility index (Phi) is 6.53. The molecule has 2 aromatic heterocycles. The van der Waals surface area contributed by atoms with Crippen LogP contribution in [0.2, 0.25) is 5.02 Å². The monoisotopic (exact) mass is 500 g/mol. The van der Waals surface area contributed by atoms with Crippen LogP contribution in [-0.4, -0.2) is 34.6 Å². The van der Waals surface area contributed by atoms with E-state index in [9.17, 15) is 9.59 Å². The molecule has 2 aromatic carbocycles. The molecule has 0 saturated heterocycles. The molecule has 4 aromatic rings. The van der Waals surface area contributed by atoms with Gasteiger partial charge in [0.15, 0.2) is 0 Å². The molecule has 0 aliphatic carbocycles. The van der Waals surface area contributed by atoms with Gasteiger partial charge in [0.05, 0.1) is 30.0 Å². The van der Waals surface area contributed by atoms with Crippen molar-refractivity contribution in [2.24, 2.45) is 0 Å². The van der Waals surface area contributed by atoms with Gasteiger partial charge in [-0.25, -0.2) is 9.59 Å². The molecule has 182 valence electrons. The average Bonchev–Trinajstić information content (AvgIpc) is 3.23. The van der Waals surface area contributed by atoms with E-state index in [0.29, 0.717) is 21.7 Å². The molecule has 5 rings (SSSR count). The fourth-order valence-electron chi connectivity index (χ4n) is 4.77. The van der Waals surface area contributed by atoms with Gasteiger partial charge in [0, 0.05) is 23.0 Å². The van der Waals surface area contributed by atoms with Crippen molar-refractivity contribution in [3.05, 3.63) is 107 Å². The number of pyridine rings is 1. The van der Waals surface area contributed by atoms with Crippen LogP contribution < -0.4 is 0 Å². The Morgan fingerprint density at radius 2 is 1.64 bits per heavy atom. The van der Waals surface area contributed by atoms with Crippen molar-refractivity contribution < 1.29 is 19.1 Å². The van der Waals surface area contributed by atoms with Crippen LogP contribution in [-0.2, 0) is 9.47 Å². The Morgan fingerprint density at radius 3 is 2.39 bits per heavy atom. The predicted molar refractivity (Wildman–Crippen MR) is 140 cm³/mol. The summed E-state index contributed by atoms with van der Waals surface area (Å²) in [6.07, 6.45) is 5.06. The minimum Gasteiger partial charge on any atom is -0.462 e. The number of esters is 1. The third-order valence-corrected chi connectivity index (χ3v) is 6.47. The van der Waals surface area contributed by atoms with Gasteiger partial charge in [-0.3, -0.25) is 4.90 Å². The Labute approximate surface area is 214 Å². The zero-order valence-corrected chi connectivity index (χ0v) is 20.7. The van der Waals surface area contributed by atoms with E-state index < -0.39 is 18.1 Å². The van der Waals surface area contributed by atoms with E-state index in [2.05, 4.69) is 0 Å². The number of ether oxygens (including phenoxy) is 2. The molecule has 0 spiro atoms. The first-order valence-corrected chi connectivity index (χ1v) is 12.2. The number of carbonyl (C=O) groups is 2. The SMILES string of the molecule is CCOC(=O)c1c(-c2ccc(Cl)cc2)c([C@H]2c3ccccc3C=CN2C(=O)OCC)n2ccccc12. The van der Waals surface area contributed by atoms with Gasteiger partial charge in [-0.05, 0) is 60.9 Å². The molecule has 1 atom stereocenters. The molecule has 7 heteroatoms. The maximum Gasteiger partial charge on any atom is 0.414 e. The molecular formula is C29H25ClN2O4. The summed E-state index contributed by atoms with van der Waals surface area (Å²) >= 11 is 6.21. The summed E-state index contributed by atoms with van der Waals surface area (Å²) in [5, 5.41) is 0.584. The van der Waals surface area contributed by atoms with Gasteiger partial charge in [-0.1, -0.05) is 54.1 Å². The number of rotatable bonds is 5. The van der Waals surface area contributed by atoms with Crippen LogP contribution in [0.4, 0.5) is 4.79 Å². The molecule has 0 unspecified atom stereocenters. The maximum absolute atomic E-state index is 13.4. The number of benzene rings is 2. The van der Waals surface area contributed by atoms with Crippen LogP contribution in [0.5, 0.6) is 0 Å². The highest BCUT2D eigenvalue weighted by Gasteiger charge is 2.37. The highest BCUT2D eigenvalue weighted by atomic mass is 35.5. The number of carbonyl (C=O) groups excluding carboxylic acids is 2. The lowest BCUT2D eigenvalue weighted by atomic mass is 9.89. The molecule has 1 aliphatic heterocycles. The zero-order valence-electron chi connectivity index (χ0n) is 20.0. The average molecular weight is 501 g/mol. The van der Waals surface area contributed by atoms with E-state index in [1.807, 2.05) is 71.3 Å². The highest BCUT2D eigenvalue weighted by molar-refractivity contribution is 6.30. The van der Waals surface area contributed by atoms with Gasteiger partial charge in [-0.2, -0.15) is 0 Å². The van der Waals surface area contributed by atoms with Crippen molar-refractivity contribution in [2.75, 3.05) is 13.2 Å². The molecule has 3 heterocycles. The van der Waals surface area contributed by atoms with Crippen LogP contribution >= 0.6 is 11.6 Å². The molecule has 0 N–H and O–H groups in total. The number of fused-ring (bicyclic) bond motifs is 2. The largest absolute Gasteiger partial charge is 0.462 e. The van der Waals surface area contributed by atoms with Gasteiger partial charge in [-0.15, -0.1) is 0 Å². The second-order valence-electron chi connectivity index (χ2n) is 8.27. The van der Waals surface area contributed by atoms with Gasteiger partial charge in [0.1, 0.15) is 6.04 Å². The van der Waals surface area contributed by atoms with Crippen molar-refractivity contribution in [3.8, 4) is 11.1 Å². The number of hydrogen-bond donors (Lipinski definition) is 0. The van der Waals surface area contributed by atoms with E-state index in [1.165, 1.54) is 0 Å². The summed E-state index contributed by atoms with van der Waals surface area (Å²) in [6.45, 7) is 4.04. The lowest BCUT2D eigenvalue weighted by Gasteiger charge is -2.33. The van der Waals surface area contributed by atoms with Crippen molar-refractivity contribution in [1.29, 1.82) is 0 Å². The molecule has 0 fully saturated rings. The van der Waals surface area contributed by atoms with E-state index in [0.717, 1.165) is 22.4 Å². The summed E-state index contributed by atoms with van der Waals surface area (Å²) in [6, 6.07) is 20.3. The van der Waals surface area contributed by atoms with Crippen LogP contribution in [0.25, 0.3) is 22.7 Å². The van der Waals surface area contributed by atoms with Crippen LogP contribution in [0.1, 0.15) is 47.1 Å². The number of nitrogens with zero attached hydrogens (tertiary/aromatic N) is 2. The quantitative estimate of drug-likeness (QED) is 0.278. The van der Waals surface area contributed by atoms with Crippen molar-refractivity contribution >= 4 is 35.3 Å². The van der Waals surface area contributed by atoms with Gasteiger partial charge < -0.3 is 13.9 Å². The lowest BCUT2D eigenvalue weighted by molar-refractivity contribution is 0.0529. The summed E-state index contributed by atoms with van der Waals surface area (Å²) in [4.78, 5) is 28.2. The van der Waals surface area contributed by atoms with E-state index in [-0.39, 0.29) is 13.2 Å². The van der Waals surface area contributed by atoms with Gasteiger partial charge in [0.25, 0.3) is 0 Å². The van der Waals surface area contributed by atoms with E-state index in [4.69, 9.17) is 21.1 Å². The Hall–Kier alpha value is -4.03. The van der Waals surface area contributed by atoms with E-state index >= 15 is 0 Å². The Bertz CT molecular complexity index is 1470. The van der Waals surface area contributed by atoms with Crippen LogP contribution in [0.15, 0.2) is 79.1 Å². The first kappa shape index (κ1) is 23.7. The fourth-order valence-corrected chi connectivity index (χ4v) is 4.90. The maximum atomic E-state index is 13.4. The first-order chi connectivity index (χ1) is 17.5. The standard InChI is InChI=1S/C29H25ClN2O4/c1-3-35-28(33)25-23-11-7-8-17-31(23)27(24(25)20-12-14-21(30)15-13-20)26-22-10-6-5-9-19(22)16-18-32(26)29(34)36-4-2/h5-18,26H,3-4H2,1-2H3/t26-/m1/s1. The zero-order chi connectivity index (χ0) is 25.2. The molecule has 1 amide bonds. The molecule has 36 heavy (non-hydrogen) atoms. The normalized spacial score (nSPS) is 14.5. The first-order valence-electron chi connectivity index (χ1n) is 11.8. The third kappa shape index (κ3) is 4.03. The highest BCUT2D eigenvalue weighted by Crippen LogP contribution is 2.44. The Morgan fingerprint density at radius 1 is 0.917 bits per heavy atom. The molecular weight excluding hydrogens is 476 g/mol. The van der Waals surface area contributed by atoms with Crippen molar-refractivity contribution in [2.45, 2.75) is 19.9 Å². The van der Waals surface area contributed by atoms with Gasteiger partial charge in [0.2, 0.25) is 0 Å². The van der Waals surface area contributed by atoms with Crippen molar-refractivity contribution in [1.82, 2.24) is 9.30 Å². The van der Waals surface area contributed by atoms with Crippen molar-refractivity contribution in [3.63, 3.8) is 0 Å². The number of aromatic nitrogens is 1. The second kappa shape index (κ2) is 9.91. The summed E-state index contributed by atoms with van der Waals surface area (Å²) < 4.78 is 12.9. The molecule has 1 aliphatic rings. The number of hydrogen-bond acceptors (Lipinski definition) is 4. The van der Waals surface area contributed by atoms with Gasteiger partial charge >= 0.3 is 12.1 Å². The molecule has 0 radical (unpaired) electrons. The summed E-state index contributed by atoms with van der Waals surface area (Å²) in [7, 11) is 0. The lowest BCUT2D eigenvalue weighted by Crippen LogP contribution is -2.34. The molecule has 0 bridgehead atoms. The number of halogens is 1. The molecule has 0 saturated carbocycles. The Balaban J connectivity index is 1.88. The minimum absolute atomic E-state index is 0.238. The summed E-state index contributed by atoms with van der Waals surface area (Å²) in [5.41, 5.74) is 5.24. The van der Waals surface area contributed by atoms with Crippen LogP contribution in [0, 0.1) is 0 Å². The summed E-state index contributed by atoms with van der Waals surface area (Å²) in [5.74, 6) is -0.431. The molecule has 6 nitrogen and oxygen atoms in total. The number of amides is 1. The third-order valence-electron chi connectivity index (χ3n) is 6.22. The second-order valence-corrected chi connectivity index (χ2v) is 8.71. The topological polar surface area (TPSA) is 60.2 Å². The van der Waals surface area contributed by atoms with Crippen LogP contribution in [0.3, 0.4) is 0 Å². The minimum atomic E-state index is -0.561. The fraction of sp³-hybridized carbons (Fsp3) is 0.172. The van der Waals surface area contributed by atoms with E-state index in [1.54, 1.807) is 37.1 Å². The smallest absolute Gasteiger partial charge is 0.414 e.